The molecular weight excluding hydrogens is 295 g/mol. The fourth-order valence-corrected chi connectivity index (χ4v) is 1.87. The van der Waals surface area contributed by atoms with Gasteiger partial charge >= 0.3 is 6.18 Å². The lowest BCUT2D eigenvalue weighted by molar-refractivity contribution is -0.137. The van der Waals surface area contributed by atoms with Crippen LogP contribution in [-0.4, -0.2) is 37.6 Å². The molecule has 0 heterocycles. The number of carbonyl (C=O) groups is 1. The van der Waals surface area contributed by atoms with E-state index in [1.807, 2.05) is 0 Å². The Morgan fingerprint density at radius 2 is 2.05 bits per heavy atom. The summed E-state index contributed by atoms with van der Waals surface area (Å²) < 4.78 is 42.5. The topological polar surface area (TPSA) is 29.5 Å². The molecule has 0 saturated carbocycles. The summed E-state index contributed by atoms with van der Waals surface area (Å²) in [6.45, 7) is 2.08. The van der Waals surface area contributed by atoms with Gasteiger partial charge in [-0.1, -0.05) is 11.6 Å². The van der Waals surface area contributed by atoms with Gasteiger partial charge in [-0.2, -0.15) is 13.2 Å². The maximum atomic E-state index is 12.5. The molecule has 20 heavy (non-hydrogen) atoms. The predicted octanol–water partition coefficient (Wildman–Crippen LogP) is 3.47. The third-order valence-corrected chi connectivity index (χ3v) is 3.23. The van der Waals surface area contributed by atoms with Crippen LogP contribution >= 0.6 is 11.6 Å². The monoisotopic (exact) mass is 309 g/mol. The van der Waals surface area contributed by atoms with Gasteiger partial charge in [0.25, 0.3) is 5.91 Å². The van der Waals surface area contributed by atoms with E-state index in [4.69, 9.17) is 16.3 Å². The third kappa shape index (κ3) is 3.86. The van der Waals surface area contributed by atoms with Crippen molar-refractivity contribution >= 4 is 17.5 Å². The molecule has 0 N–H and O–H groups in total. The minimum absolute atomic E-state index is 0.0325. The predicted molar refractivity (Wildman–Crippen MR) is 69.9 cm³/mol. The molecule has 0 aromatic heterocycles. The van der Waals surface area contributed by atoms with E-state index in [0.29, 0.717) is 6.61 Å². The minimum Gasteiger partial charge on any atom is -0.383 e. The smallest absolute Gasteiger partial charge is 0.383 e. The SMILES string of the molecule is COCC(C)N(C)C(=O)c1ccc(C(F)(F)F)cc1Cl. The Kier molecular flexibility index (Phi) is 5.42. The van der Waals surface area contributed by atoms with Gasteiger partial charge in [-0.15, -0.1) is 0 Å². The molecule has 7 heteroatoms. The molecule has 1 amide bonds. The van der Waals surface area contributed by atoms with Crippen molar-refractivity contribution in [1.29, 1.82) is 0 Å². The lowest BCUT2D eigenvalue weighted by atomic mass is 10.1. The second-order valence-corrected chi connectivity index (χ2v) is 4.82. The van der Waals surface area contributed by atoms with E-state index >= 15 is 0 Å². The van der Waals surface area contributed by atoms with Crippen LogP contribution in [0.15, 0.2) is 18.2 Å². The van der Waals surface area contributed by atoms with Crippen LogP contribution in [0.4, 0.5) is 13.2 Å². The Morgan fingerprint density at radius 1 is 1.45 bits per heavy atom. The normalized spacial score (nSPS) is 13.2. The van der Waals surface area contributed by atoms with E-state index in [1.54, 1.807) is 14.0 Å². The minimum atomic E-state index is -4.49. The number of likely N-dealkylation sites (N-methyl/N-ethyl adjacent to an activating group) is 1. The van der Waals surface area contributed by atoms with Crippen molar-refractivity contribution in [2.24, 2.45) is 0 Å². The molecule has 0 bridgehead atoms. The molecule has 0 fully saturated rings. The van der Waals surface area contributed by atoms with Gasteiger partial charge in [0.05, 0.1) is 28.8 Å². The maximum Gasteiger partial charge on any atom is 0.416 e. The van der Waals surface area contributed by atoms with Crippen LogP contribution in [0.5, 0.6) is 0 Å². The highest BCUT2D eigenvalue weighted by Gasteiger charge is 2.31. The zero-order valence-electron chi connectivity index (χ0n) is 11.3. The lowest BCUT2D eigenvalue weighted by Crippen LogP contribution is -2.38. The van der Waals surface area contributed by atoms with E-state index in [2.05, 4.69) is 0 Å². The first-order valence-electron chi connectivity index (χ1n) is 5.81. The van der Waals surface area contributed by atoms with Gasteiger partial charge in [0.2, 0.25) is 0 Å². The van der Waals surface area contributed by atoms with E-state index in [-0.39, 0.29) is 16.6 Å². The van der Waals surface area contributed by atoms with E-state index in [1.165, 1.54) is 12.0 Å². The Morgan fingerprint density at radius 3 is 2.50 bits per heavy atom. The first kappa shape index (κ1) is 16.8. The van der Waals surface area contributed by atoms with Gasteiger partial charge in [-0.25, -0.2) is 0 Å². The molecule has 0 saturated heterocycles. The van der Waals surface area contributed by atoms with Gasteiger partial charge in [-0.3, -0.25) is 4.79 Å². The van der Waals surface area contributed by atoms with Crippen molar-refractivity contribution in [2.45, 2.75) is 19.1 Å². The van der Waals surface area contributed by atoms with Gasteiger partial charge in [0, 0.05) is 14.2 Å². The maximum absolute atomic E-state index is 12.5. The van der Waals surface area contributed by atoms with Crippen molar-refractivity contribution in [3.05, 3.63) is 34.3 Å². The number of amides is 1. The highest BCUT2D eigenvalue weighted by atomic mass is 35.5. The van der Waals surface area contributed by atoms with Gasteiger partial charge < -0.3 is 9.64 Å². The Labute approximate surface area is 120 Å². The number of alkyl halides is 3. The molecule has 112 valence electrons. The average molecular weight is 310 g/mol. The summed E-state index contributed by atoms with van der Waals surface area (Å²) >= 11 is 5.78. The number of halogens is 4. The number of rotatable bonds is 4. The molecular formula is C13H15ClF3NO2. The molecule has 0 radical (unpaired) electrons. The quantitative estimate of drug-likeness (QED) is 0.852. The number of benzene rings is 1. The van der Waals surface area contributed by atoms with Crippen LogP contribution in [0.25, 0.3) is 0 Å². The fourth-order valence-electron chi connectivity index (χ4n) is 1.61. The largest absolute Gasteiger partial charge is 0.416 e. The second-order valence-electron chi connectivity index (χ2n) is 4.41. The highest BCUT2D eigenvalue weighted by molar-refractivity contribution is 6.33. The highest BCUT2D eigenvalue weighted by Crippen LogP contribution is 2.32. The van der Waals surface area contributed by atoms with Crippen molar-refractivity contribution in [2.75, 3.05) is 20.8 Å². The van der Waals surface area contributed by atoms with E-state index < -0.39 is 17.6 Å². The fraction of sp³-hybridized carbons (Fsp3) is 0.462. The molecule has 0 aliphatic heterocycles. The summed E-state index contributed by atoms with van der Waals surface area (Å²) in [4.78, 5) is 13.5. The number of nitrogens with zero attached hydrogens (tertiary/aromatic N) is 1. The Bertz CT molecular complexity index is 491. The van der Waals surface area contributed by atoms with Gasteiger partial charge in [0.15, 0.2) is 0 Å². The molecule has 0 aliphatic rings. The van der Waals surface area contributed by atoms with Crippen LogP contribution in [-0.2, 0) is 10.9 Å². The molecule has 1 atom stereocenters. The molecule has 0 spiro atoms. The van der Waals surface area contributed by atoms with Crippen LogP contribution in [0.2, 0.25) is 5.02 Å². The molecule has 1 rings (SSSR count). The second kappa shape index (κ2) is 6.45. The first-order valence-corrected chi connectivity index (χ1v) is 6.19. The summed E-state index contributed by atoms with van der Waals surface area (Å²) in [5.74, 6) is -0.451. The van der Waals surface area contributed by atoms with Crippen molar-refractivity contribution < 1.29 is 22.7 Å². The summed E-state index contributed by atoms with van der Waals surface area (Å²) in [7, 11) is 3.04. The Hall–Kier alpha value is -1.27. The van der Waals surface area contributed by atoms with E-state index in [9.17, 15) is 18.0 Å². The van der Waals surface area contributed by atoms with Crippen molar-refractivity contribution in [1.82, 2.24) is 4.90 Å². The van der Waals surface area contributed by atoms with Crippen molar-refractivity contribution in [3.8, 4) is 0 Å². The van der Waals surface area contributed by atoms with Gasteiger partial charge in [0.1, 0.15) is 0 Å². The van der Waals surface area contributed by atoms with Crippen LogP contribution in [0, 0.1) is 0 Å². The van der Waals surface area contributed by atoms with Crippen LogP contribution < -0.4 is 0 Å². The van der Waals surface area contributed by atoms with Crippen molar-refractivity contribution in [3.63, 3.8) is 0 Å². The standard InChI is InChI=1S/C13H15ClF3NO2/c1-8(7-20-3)18(2)12(19)10-5-4-9(6-11(10)14)13(15,16)17/h4-6,8H,7H2,1-3H3. The lowest BCUT2D eigenvalue weighted by Gasteiger charge is -2.25. The first-order chi connectivity index (χ1) is 9.18. The number of hydrogen-bond donors (Lipinski definition) is 0. The average Bonchev–Trinajstić information content (AvgIpc) is 2.36. The Balaban J connectivity index is 3.00. The van der Waals surface area contributed by atoms with Gasteiger partial charge in [-0.05, 0) is 25.1 Å². The molecule has 0 aliphatic carbocycles. The zero-order valence-corrected chi connectivity index (χ0v) is 12.0. The zero-order chi connectivity index (χ0) is 15.5. The summed E-state index contributed by atoms with van der Waals surface area (Å²) in [5.41, 5.74) is -0.850. The third-order valence-electron chi connectivity index (χ3n) is 2.92. The molecule has 3 nitrogen and oxygen atoms in total. The molecule has 1 aromatic carbocycles. The van der Waals surface area contributed by atoms with E-state index in [0.717, 1.165) is 18.2 Å². The molecule has 1 aromatic rings. The summed E-state index contributed by atoms with van der Waals surface area (Å²) in [6.07, 6.45) is -4.49. The van der Waals surface area contributed by atoms with Crippen LogP contribution in [0.3, 0.4) is 0 Å². The number of methoxy groups -OCH3 is 1. The number of ether oxygens (including phenoxy) is 1. The number of hydrogen-bond acceptors (Lipinski definition) is 2. The van der Waals surface area contributed by atoms with Crippen LogP contribution in [0.1, 0.15) is 22.8 Å². The number of carbonyl (C=O) groups excluding carboxylic acids is 1. The summed E-state index contributed by atoms with van der Waals surface area (Å²) in [5, 5.41) is -0.221. The molecule has 1 unspecified atom stereocenters. The summed E-state index contributed by atoms with van der Waals surface area (Å²) in [6, 6.07) is 2.46.